The Labute approximate surface area is 153 Å². The summed E-state index contributed by atoms with van der Waals surface area (Å²) in [5.41, 5.74) is 1.77. The highest BCUT2D eigenvalue weighted by molar-refractivity contribution is 7.99. The Bertz CT molecular complexity index is 572. The monoisotopic (exact) mass is 368 g/mol. The van der Waals surface area contributed by atoms with Crippen molar-refractivity contribution < 1.29 is 9.53 Å². The average molecular weight is 369 g/mol. The summed E-state index contributed by atoms with van der Waals surface area (Å²) in [5.74, 6) is 2.31. The van der Waals surface area contributed by atoms with Crippen molar-refractivity contribution in [3.05, 3.63) is 28.8 Å². The van der Waals surface area contributed by atoms with Gasteiger partial charge in [-0.3, -0.25) is 9.69 Å². The van der Waals surface area contributed by atoms with Gasteiger partial charge in [0, 0.05) is 35.7 Å². The molecule has 3 rings (SSSR count). The summed E-state index contributed by atoms with van der Waals surface area (Å²) in [5, 5.41) is 3.65. The van der Waals surface area contributed by atoms with E-state index in [1.165, 1.54) is 5.75 Å². The molecule has 2 heterocycles. The van der Waals surface area contributed by atoms with E-state index in [4.69, 9.17) is 16.3 Å². The third-order valence-corrected chi connectivity index (χ3v) is 6.24. The van der Waals surface area contributed by atoms with Crippen LogP contribution in [0, 0.1) is 6.92 Å². The van der Waals surface area contributed by atoms with Crippen molar-refractivity contribution in [2.24, 2.45) is 0 Å². The highest BCUT2D eigenvalue weighted by atomic mass is 35.5. The van der Waals surface area contributed by atoms with Crippen LogP contribution in [-0.4, -0.2) is 54.2 Å². The molecule has 132 valence electrons. The summed E-state index contributed by atoms with van der Waals surface area (Å²) in [6.45, 7) is 4.07. The number of carbonyl (C=O) groups is 1. The summed E-state index contributed by atoms with van der Waals surface area (Å²) in [6, 6.07) is 6.11. The van der Waals surface area contributed by atoms with E-state index in [1.54, 1.807) is 0 Å². The van der Waals surface area contributed by atoms with Crippen molar-refractivity contribution >= 4 is 35.0 Å². The lowest BCUT2D eigenvalue weighted by molar-refractivity contribution is -0.118. The third-order valence-electron chi connectivity index (χ3n) is 4.69. The van der Waals surface area contributed by atoms with Gasteiger partial charge in [0.15, 0.2) is 0 Å². The topological polar surface area (TPSA) is 41.6 Å². The van der Waals surface area contributed by atoms with E-state index >= 15 is 0 Å². The molecule has 24 heavy (non-hydrogen) atoms. The van der Waals surface area contributed by atoms with Crippen molar-refractivity contribution in [2.45, 2.75) is 38.3 Å². The van der Waals surface area contributed by atoms with Gasteiger partial charge in [-0.15, -0.1) is 0 Å². The molecular weight excluding hydrogens is 344 g/mol. The first kappa shape index (κ1) is 18.1. The highest BCUT2D eigenvalue weighted by Crippen LogP contribution is 2.25. The van der Waals surface area contributed by atoms with Gasteiger partial charge >= 0.3 is 0 Å². The number of hydrogen-bond acceptors (Lipinski definition) is 4. The van der Waals surface area contributed by atoms with Gasteiger partial charge in [0.2, 0.25) is 5.91 Å². The zero-order valence-corrected chi connectivity index (χ0v) is 15.7. The lowest BCUT2D eigenvalue weighted by atomic mass is 10.1. The number of nitrogens with zero attached hydrogens (tertiary/aromatic N) is 1. The van der Waals surface area contributed by atoms with Crippen LogP contribution in [0.25, 0.3) is 0 Å². The number of anilines is 1. The zero-order chi connectivity index (χ0) is 16.9. The standard InChI is InChI=1S/C18H25ClN2O2S/c1-13-4-5-14(9-17(13)19)20-18(22)11-21(15-6-8-24-12-15)10-16-3-2-7-23-16/h4-5,9,15-16H,2-3,6-8,10-12H2,1H3,(H,20,22)/t15-,16+/m0/s1. The molecule has 0 unspecified atom stereocenters. The number of carbonyl (C=O) groups excluding carboxylic acids is 1. The summed E-state index contributed by atoms with van der Waals surface area (Å²) in [6.07, 6.45) is 3.66. The van der Waals surface area contributed by atoms with Crippen molar-refractivity contribution in [1.82, 2.24) is 4.90 Å². The molecule has 0 bridgehead atoms. The molecule has 0 spiro atoms. The second kappa shape index (κ2) is 8.56. The van der Waals surface area contributed by atoms with Crippen molar-refractivity contribution in [2.75, 3.05) is 36.5 Å². The predicted octanol–water partition coefficient (Wildman–Crippen LogP) is 3.57. The zero-order valence-electron chi connectivity index (χ0n) is 14.1. The maximum absolute atomic E-state index is 12.5. The van der Waals surface area contributed by atoms with Gasteiger partial charge in [0.1, 0.15) is 0 Å². The number of ether oxygens (including phenoxy) is 1. The SMILES string of the molecule is Cc1ccc(NC(=O)CN(C[C@H]2CCCO2)[C@H]2CCSC2)cc1Cl. The average Bonchev–Trinajstić information content (AvgIpc) is 3.23. The highest BCUT2D eigenvalue weighted by Gasteiger charge is 2.28. The molecule has 0 aromatic heterocycles. The van der Waals surface area contributed by atoms with E-state index in [9.17, 15) is 4.79 Å². The molecule has 2 saturated heterocycles. The number of nitrogens with one attached hydrogen (secondary N) is 1. The minimum atomic E-state index is 0.0183. The molecule has 1 N–H and O–H groups in total. The van der Waals surface area contributed by atoms with Gasteiger partial charge in [-0.1, -0.05) is 17.7 Å². The molecular formula is C18H25ClN2O2S. The molecule has 0 aliphatic carbocycles. The first-order chi connectivity index (χ1) is 11.6. The lowest BCUT2D eigenvalue weighted by Crippen LogP contribution is -2.44. The van der Waals surface area contributed by atoms with Crippen LogP contribution in [0.15, 0.2) is 18.2 Å². The van der Waals surface area contributed by atoms with Crippen LogP contribution in [0.5, 0.6) is 0 Å². The molecule has 0 saturated carbocycles. The smallest absolute Gasteiger partial charge is 0.238 e. The fourth-order valence-electron chi connectivity index (χ4n) is 3.26. The number of amides is 1. The lowest BCUT2D eigenvalue weighted by Gasteiger charge is -2.29. The van der Waals surface area contributed by atoms with E-state index in [0.29, 0.717) is 17.6 Å². The maximum atomic E-state index is 12.5. The fraction of sp³-hybridized carbons (Fsp3) is 0.611. The summed E-state index contributed by atoms with van der Waals surface area (Å²) >= 11 is 8.11. The summed E-state index contributed by atoms with van der Waals surface area (Å²) < 4.78 is 5.77. The minimum absolute atomic E-state index is 0.0183. The number of halogens is 1. The summed E-state index contributed by atoms with van der Waals surface area (Å²) in [4.78, 5) is 14.8. The predicted molar refractivity (Wildman–Crippen MR) is 101 cm³/mol. The van der Waals surface area contributed by atoms with E-state index < -0.39 is 0 Å². The second-order valence-corrected chi connectivity index (χ2v) is 8.15. The van der Waals surface area contributed by atoms with Crippen LogP contribution in [-0.2, 0) is 9.53 Å². The molecule has 2 fully saturated rings. The van der Waals surface area contributed by atoms with Crippen LogP contribution in [0.1, 0.15) is 24.8 Å². The van der Waals surface area contributed by atoms with E-state index in [2.05, 4.69) is 10.2 Å². The molecule has 6 heteroatoms. The van der Waals surface area contributed by atoms with Gasteiger partial charge < -0.3 is 10.1 Å². The Morgan fingerprint density at radius 3 is 3.00 bits per heavy atom. The molecule has 1 aromatic rings. The fourth-order valence-corrected chi connectivity index (χ4v) is 4.69. The van der Waals surface area contributed by atoms with Gasteiger partial charge in [0.25, 0.3) is 0 Å². The van der Waals surface area contributed by atoms with Crippen molar-refractivity contribution in [3.63, 3.8) is 0 Å². The largest absolute Gasteiger partial charge is 0.377 e. The molecule has 2 atom stereocenters. The van der Waals surface area contributed by atoms with E-state index in [-0.39, 0.29) is 12.0 Å². The van der Waals surface area contributed by atoms with E-state index in [0.717, 1.165) is 49.4 Å². The van der Waals surface area contributed by atoms with Gasteiger partial charge in [0.05, 0.1) is 12.6 Å². The van der Waals surface area contributed by atoms with Gasteiger partial charge in [-0.05, 0) is 49.6 Å². The van der Waals surface area contributed by atoms with Crippen molar-refractivity contribution in [3.8, 4) is 0 Å². The van der Waals surface area contributed by atoms with Crippen molar-refractivity contribution in [1.29, 1.82) is 0 Å². The first-order valence-electron chi connectivity index (χ1n) is 8.61. The first-order valence-corrected chi connectivity index (χ1v) is 10.1. The number of thioether (sulfide) groups is 1. The Morgan fingerprint density at radius 1 is 1.46 bits per heavy atom. The maximum Gasteiger partial charge on any atom is 0.238 e. The Balaban J connectivity index is 1.59. The number of aryl methyl sites for hydroxylation is 1. The van der Waals surface area contributed by atoms with Gasteiger partial charge in [-0.25, -0.2) is 0 Å². The second-order valence-electron chi connectivity index (χ2n) is 6.59. The summed E-state index contributed by atoms with van der Waals surface area (Å²) in [7, 11) is 0. The number of hydrogen-bond donors (Lipinski definition) is 1. The quantitative estimate of drug-likeness (QED) is 0.833. The Kier molecular flexibility index (Phi) is 6.44. The van der Waals surface area contributed by atoms with Crippen LogP contribution in [0.4, 0.5) is 5.69 Å². The number of rotatable bonds is 6. The van der Waals surface area contributed by atoms with Crippen LogP contribution in [0.3, 0.4) is 0 Å². The van der Waals surface area contributed by atoms with Crippen LogP contribution in [0.2, 0.25) is 5.02 Å². The Hall–Kier alpha value is -0.750. The van der Waals surface area contributed by atoms with Crippen LogP contribution < -0.4 is 5.32 Å². The molecule has 2 aliphatic rings. The third kappa shape index (κ3) is 4.88. The van der Waals surface area contributed by atoms with Gasteiger partial charge in [-0.2, -0.15) is 11.8 Å². The minimum Gasteiger partial charge on any atom is -0.377 e. The number of benzene rings is 1. The molecule has 1 amide bonds. The molecule has 0 radical (unpaired) electrons. The van der Waals surface area contributed by atoms with E-state index in [1.807, 2.05) is 36.9 Å². The van der Waals surface area contributed by atoms with Crippen LogP contribution >= 0.6 is 23.4 Å². The molecule has 4 nitrogen and oxygen atoms in total. The normalized spacial score (nSPS) is 23.8. The molecule has 2 aliphatic heterocycles. The Morgan fingerprint density at radius 2 is 2.33 bits per heavy atom. The molecule has 1 aromatic carbocycles.